The molecule has 18 heavy (non-hydrogen) atoms. The van der Waals surface area contributed by atoms with Crippen LogP contribution < -0.4 is 16.2 Å². The molecule has 1 atom stereocenters. The average molecular weight is 267 g/mol. The first kappa shape index (κ1) is 12.9. The van der Waals surface area contributed by atoms with Crippen LogP contribution >= 0.6 is 0 Å². The molecule has 5 N–H and O–H groups in total. The van der Waals surface area contributed by atoms with E-state index in [1.54, 1.807) is 12.1 Å². The molecule has 98 valence electrons. The first-order chi connectivity index (χ1) is 8.47. The van der Waals surface area contributed by atoms with Crippen LogP contribution in [0.1, 0.15) is 19.3 Å². The highest BCUT2D eigenvalue weighted by atomic mass is 32.2. The van der Waals surface area contributed by atoms with Gasteiger partial charge in [0, 0.05) is 11.7 Å². The third-order valence-corrected chi connectivity index (χ3v) is 3.94. The van der Waals surface area contributed by atoms with Gasteiger partial charge < -0.3 is 11.1 Å². The second-order valence-corrected chi connectivity index (χ2v) is 5.95. The van der Waals surface area contributed by atoms with Crippen molar-refractivity contribution in [3.05, 3.63) is 30.4 Å². The maximum atomic E-state index is 11.2. The zero-order valence-electron chi connectivity index (χ0n) is 9.96. The molecular weight excluding hydrogens is 250 g/mol. The number of anilines is 2. The summed E-state index contributed by atoms with van der Waals surface area (Å²) in [5.74, 6) is 0. The number of nitrogens with two attached hydrogens (primary N) is 2. The molecule has 0 amide bonds. The minimum Gasteiger partial charge on any atom is -0.398 e. The highest BCUT2D eigenvalue weighted by molar-refractivity contribution is 7.89. The van der Waals surface area contributed by atoms with E-state index in [1.807, 2.05) is 0 Å². The molecule has 2 rings (SSSR count). The number of hydrogen-bond donors (Lipinski definition) is 3. The Morgan fingerprint density at radius 1 is 1.28 bits per heavy atom. The van der Waals surface area contributed by atoms with Gasteiger partial charge in [0.15, 0.2) is 0 Å². The third-order valence-electron chi connectivity index (χ3n) is 2.96. The zero-order chi connectivity index (χ0) is 13.2. The van der Waals surface area contributed by atoms with E-state index in [0.717, 1.165) is 24.9 Å². The number of rotatable bonds is 3. The third kappa shape index (κ3) is 3.02. The Kier molecular flexibility index (Phi) is 3.58. The molecule has 0 spiro atoms. The van der Waals surface area contributed by atoms with Crippen LogP contribution in [-0.4, -0.2) is 14.5 Å². The number of nitrogens with one attached hydrogen (secondary N) is 1. The highest BCUT2D eigenvalue weighted by Gasteiger charge is 2.14. The van der Waals surface area contributed by atoms with Gasteiger partial charge in [0.2, 0.25) is 10.0 Å². The SMILES string of the molecule is Nc1cc(NC2CC=CCC2)ccc1S(N)(=O)=O. The van der Waals surface area contributed by atoms with Crippen LogP contribution in [-0.2, 0) is 10.0 Å². The lowest BCUT2D eigenvalue weighted by Crippen LogP contribution is -2.20. The van der Waals surface area contributed by atoms with Crippen molar-refractivity contribution in [3.8, 4) is 0 Å². The van der Waals surface area contributed by atoms with E-state index in [4.69, 9.17) is 10.9 Å². The monoisotopic (exact) mass is 267 g/mol. The van der Waals surface area contributed by atoms with Gasteiger partial charge in [-0.05, 0) is 37.5 Å². The Hall–Kier alpha value is -1.53. The molecule has 5 nitrogen and oxygen atoms in total. The van der Waals surface area contributed by atoms with Crippen LogP contribution in [0.25, 0.3) is 0 Å². The van der Waals surface area contributed by atoms with E-state index in [-0.39, 0.29) is 10.6 Å². The van der Waals surface area contributed by atoms with Crippen molar-refractivity contribution < 1.29 is 8.42 Å². The summed E-state index contributed by atoms with van der Waals surface area (Å²) in [6.07, 6.45) is 7.40. The van der Waals surface area contributed by atoms with Crippen molar-refractivity contribution in [2.24, 2.45) is 5.14 Å². The van der Waals surface area contributed by atoms with Crippen molar-refractivity contribution in [3.63, 3.8) is 0 Å². The fourth-order valence-electron chi connectivity index (χ4n) is 2.06. The number of nitrogen functional groups attached to an aromatic ring is 1. The van der Waals surface area contributed by atoms with Crippen LogP contribution in [0.3, 0.4) is 0 Å². The van der Waals surface area contributed by atoms with Crippen LogP contribution in [0.2, 0.25) is 0 Å². The molecule has 1 aliphatic carbocycles. The summed E-state index contributed by atoms with van der Waals surface area (Å²) in [5, 5.41) is 8.39. The number of hydrogen-bond acceptors (Lipinski definition) is 4. The second kappa shape index (κ2) is 4.99. The maximum Gasteiger partial charge on any atom is 0.240 e. The summed E-state index contributed by atoms with van der Waals surface area (Å²) in [6.45, 7) is 0. The standard InChI is InChI=1S/C12H17N3O2S/c13-11-8-10(6-7-12(11)18(14,16)17)15-9-4-2-1-3-5-9/h1-2,6-9,15H,3-5,13H2,(H2,14,16,17). The summed E-state index contributed by atoms with van der Waals surface area (Å²) in [6, 6.07) is 5.10. The fourth-order valence-corrected chi connectivity index (χ4v) is 2.70. The first-order valence-corrected chi connectivity index (χ1v) is 7.35. The van der Waals surface area contributed by atoms with Gasteiger partial charge in [0.05, 0.1) is 5.69 Å². The van der Waals surface area contributed by atoms with Gasteiger partial charge in [-0.1, -0.05) is 12.2 Å². The van der Waals surface area contributed by atoms with E-state index < -0.39 is 10.0 Å². The zero-order valence-corrected chi connectivity index (χ0v) is 10.8. The predicted molar refractivity (Wildman–Crippen MR) is 72.6 cm³/mol. The van der Waals surface area contributed by atoms with E-state index in [2.05, 4.69) is 17.5 Å². The minimum atomic E-state index is -3.75. The van der Waals surface area contributed by atoms with Crippen molar-refractivity contribution in [1.82, 2.24) is 0 Å². The Balaban J connectivity index is 2.16. The lowest BCUT2D eigenvalue weighted by atomic mass is 10.0. The summed E-state index contributed by atoms with van der Waals surface area (Å²) < 4.78 is 22.4. The van der Waals surface area contributed by atoms with Gasteiger partial charge in [0.1, 0.15) is 4.90 Å². The van der Waals surface area contributed by atoms with Gasteiger partial charge in [-0.25, -0.2) is 13.6 Å². The van der Waals surface area contributed by atoms with Crippen LogP contribution in [0.5, 0.6) is 0 Å². The number of primary sulfonamides is 1. The smallest absolute Gasteiger partial charge is 0.240 e. The van der Waals surface area contributed by atoms with E-state index in [0.29, 0.717) is 6.04 Å². The molecule has 0 radical (unpaired) electrons. The van der Waals surface area contributed by atoms with Crippen molar-refractivity contribution in [1.29, 1.82) is 0 Å². The molecule has 0 fully saturated rings. The molecule has 0 aliphatic heterocycles. The molecule has 1 aliphatic rings. The maximum absolute atomic E-state index is 11.2. The van der Waals surface area contributed by atoms with Gasteiger partial charge >= 0.3 is 0 Å². The Bertz CT molecular complexity index is 567. The Labute approximate surface area is 107 Å². The van der Waals surface area contributed by atoms with Crippen molar-refractivity contribution in [2.45, 2.75) is 30.2 Å². The second-order valence-electron chi connectivity index (χ2n) is 4.42. The van der Waals surface area contributed by atoms with E-state index >= 15 is 0 Å². The van der Waals surface area contributed by atoms with E-state index in [1.165, 1.54) is 6.07 Å². The normalized spacial score (nSPS) is 19.7. The first-order valence-electron chi connectivity index (χ1n) is 5.80. The molecule has 0 bridgehead atoms. The molecule has 0 saturated heterocycles. The molecular formula is C12H17N3O2S. The van der Waals surface area contributed by atoms with Gasteiger partial charge in [-0.2, -0.15) is 0 Å². The van der Waals surface area contributed by atoms with Crippen molar-refractivity contribution >= 4 is 21.4 Å². The largest absolute Gasteiger partial charge is 0.398 e. The Morgan fingerprint density at radius 2 is 2.06 bits per heavy atom. The van der Waals surface area contributed by atoms with Gasteiger partial charge in [-0.15, -0.1) is 0 Å². The van der Waals surface area contributed by atoms with Crippen LogP contribution in [0.15, 0.2) is 35.2 Å². The van der Waals surface area contributed by atoms with Gasteiger partial charge in [0.25, 0.3) is 0 Å². The molecule has 1 aromatic rings. The molecule has 0 saturated carbocycles. The molecule has 0 heterocycles. The van der Waals surface area contributed by atoms with Crippen molar-refractivity contribution in [2.75, 3.05) is 11.1 Å². The molecule has 1 unspecified atom stereocenters. The van der Waals surface area contributed by atoms with Gasteiger partial charge in [-0.3, -0.25) is 0 Å². The molecule has 1 aromatic carbocycles. The average Bonchev–Trinajstić information content (AvgIpc) is 2.28. The number of benzene rings is 1. The lowest BCUT2D eigenvalue weighted by Gasteiger charge is -2.21. The lowest BCUT2D eigenvalue weighted by molar-refractivity contribution is 0.598. The fraction of sp³-hybridized carbons (Fsp3) is 0.333. The molecule has 6 heteroatoms. The topological polar surface area (TPSA) is 98.2 Å². The summed E-state index contributed by atoms with van der Waals surface area (Å²) in [7, 11) is -3.75. The Morgan fingerprint density at radius 3 is 2.61 bits per heavy atom. The summed E-state index contributed by atoms with van der Waals surface area (Å²) in [4.78, 5) is -0.0309. The predicted octanol–water partition coefficient (Wildman–Crippen LogP) is 1.44. The van der Waals surface area contributed by atoms with Crippen LogP contribution in [0, 0.1) is 0 Å². The molecule has 0 aromatic heterocycles. The summed E-state index contributed by atoms with van der Waals surface area (Å²) in [5.41, 5.74) is 6.69. The number of allylic oxidation sites excluding steroid dienone is 1. The highest BCUT2D eigenvalue weighted by Crippen LogP contribution is 2.23. The summed E-state index contributed by atoms with van der Waals surface area (Å²) >= 11 is 0. The quantitative estimate of drug-likeness (QED) is 0.570. The number of sulfonamides is 1. The van der Waals surface area contributed by atoms with E-state index in [9.17, 15) is 8.42 Å². The van der Waals surface area contributed by atoms with Crippen LogP contribution in [0.4, 0.5) is 11.4 Å². The minimum absolute atomic E-state index is 0.0309.